The van der Waals surface area contributed by atoms with Crippen LogP contribution < -0.4 is 4.72 Å². The van der Waals surface area contributed by atoms with Gasteiger partial charge in [0.1, 0.15) is 4.90 Å². The van der Waals surface area contributed by atoms with Crippen molar-refractivity contribution >= 4 is 21.8 Å². The molecule has 0 saturated heterocycles. The molecule has 0 bridgehead atoms. The zero-order valence-corrected chi connectivity index (χ0v) is 13.9. The van der Waals surface area contributed by atoms with Gasteiger partial charge < -0.3 is 5.11 Å². The fourth-order valence-corrected chi connectivity index (χ4v) is 4.01. The van der Waals surface area contributed by atoms with E-state index in [9.17, 15) is 8.42 Å². The number of hydrogen-bond donors (Lipinski definition) is 2. The Hall–Kier alpha value is -0.570. The number of aryl methyl sites for hydroxylation is 1. The lowest BCUT2D eigenvalue weighted by molar-refractivity contribution is 0.267. The van der Waals surface area contributed by atoms with E-state index < -0.39 is 10.0 Å². The zero-order valence-electron chi connectivity index (χ0n) is 12.2. The Bertz CT molecular complexity index is 526. The Morgan fingerprint density at radius 3 is 2.65 bits per heavy atom. The van der Waals surface area contributed by atoms with Crippen LogP contribution in [0.15, 0.2) is 4.90 Å². The van der Waals surface area contributed by atoms with Crippen LogP contribution in [0.25, 0.3) is 0 Å². The summed E-state index contributed by atoms with van der Waals surface area (Å²) in [6.45, 7) is 4.05. The molecule has 0 aromatic carbocycles. The summed E-state index contributed by atoms with van der Waals surface area (Å²) in [6.07, 6.45) is 3.85. The zero-order chi connectivity index (χ0) is 15.2. The molecule has 0 spiro atoms. The minimum atomic E-state index is -3.53. The average molecular weight is 321 g/mol. The van der Waals surface area contributed by atoms with Gasteiger partial charge in [0.15, 0.2) is 0 Å². The van der Waals surface area contributed by atoms with Gasteiger partial charge in [0.2, 0.25) is 10.0 Å². The van der Waals surface area contributed by atoms with Gasteiger partial charge in [0, 0.05) is 6.54 Å². The minimum absolute atomic E-state index is 0.0659. The third kappa shape index (κ3) is 4.47. The first kappa shape index (κ1) is 17.5. The topological polar surface area (TPSA) is 84.2 Å². The lowest BCUT2D eigenvalue weighted by Crippen LogP contribution is -2.26. The van der Waals surface area contributed by atoms with E-state index in [1.807, 2.05) is 6.26 Å². The van der Waals surface area contributed by atoms with Gasteiger partial charge in [-0.25, -0.2) is 13.1 Å². The van der Waals surface area contributed by atoms with Crippen LogP contribution in [-0.2, 0) is 16.6 Å². The first-order valence-corrected chi connectivity index (χ1v) is 9.45. The molecule has 0 unspecified atom stereocenters. The molecule has 6 nitrogen and oxygen atoms in total. The monoisotopic (exact) mass is 321 g/mol. The molecule has 1 heterocycles. The molecule has 2 N–H and O–H groups in total. The highest BCUT2D eigenvalue weighted by atomic mass is 32.2. The van der Waals surface area contributed by atoms with Crippen molar-refractivity contribution in [3.8, 4) is 0 Å². The number of aliphatic hydroxyl groups is 1. The van der Waals surface area contributed by atoms with Gasteiger partial charge in [-0.2, -0.15) is 16.9 Å². The van der Waals surface area contributed by atoms with E-state index in [4.69, 9.17) is 5.11 Å². The molecule has 1 rings (SSSR count). The second-order valence-electron chi connectivity index (χ2n) is 4.54. The summed E-state index contributed by atoms with van der Waals surface area (Å²) in [5.41, 5.74) is 1.03. The average Bonchev–Trinajstić information content (AvgIpc) is 2.65. The van der Waals surface area contributed by atoms with E-state index >= 15 is 0 Å². The summed E-state index contributed by atoms with van der Waals surface area (Å²) in [6, 6.07) is 0. The van der Waals surface area contributed by atoms with Crippen LogP contribution in [0.2, 0.25) is 0 Å². The standard InChI is InChI=1S/C12H23N3O3S2/c1-10-12(11(2)15(14-10)7-8-16)20(17,18)13-6-4-5-9-19-3/h13,16H,4-9H2,1-3H3. The molecule has 0 saturated carbocycles. The van der Waals surface area contributed by atoms with Crippen LogP contribution in [-0.4, -0.2) is 48.5 Å². The predicted octanol–water partition coefficient (Wildman–Crippen LogP) is 0.914. The van der Waals surface area contributed by atoms with Crippen molar-refractivity contribution in [2.45, 2.75) is 38.1 Å². The van der Waals surface area contributed by atoms with Gasteiger partial charge in [-0.05, 0) is 38.7 Å². The maximum Gasteiger partial charge on any atom is 0.244 e. The van der Waals surface area contributed by atoms with Gasteiger partial charge in [-0.3, -0.25) is 4.68 Å². The molecule has 0 amide bonds. The van der Waals surface area contributed by atoms with E-state index in [1.54, 1.807) is 25.6 Å². The second-order valence-corrected chi connectivity index (χ2v) is 7.23. The summed E-state index contributed by atoms with van der Waals surface area (Å²) >= 11 is 1.76. The Morgan fingerprint density at radius 2 is 2.05 bits per heavy atom. The first-order chi connectivity index (χ1) is 9.44. The molecule has 20 heavy (non-hydrogen) atoms. The van der Waals surface area contributed by atoms with Crippen molar-refractivity contribution < 1.29 is 13.5 Å². The van der Waals surface area contributed by atoms with Crippen molar-refractivity contribution in [3.63, 3.8) is 0 Å². The van der Waals surface area contributed by atoms with Gasteiger partial charge >= 0.3 is 0 Å². The molecule has 1 aromatic heterocycles. The number of hydrogen-bond acceptors (Lipinski definition) is 5. The van der Waals surface area contributed by atoms with E-state index in [0.717, 1.165) is 18.6 Å². The number of sulfonamides is 1. The smallest absolute Gasteiger partial charge is 0.244 e. The summed E-state index contributed by atoms with van der Waals surface area (Å²) in [5.74, 6) is 1.04. The number of thioether (sulfide) groups is 1. The van der Waals surface area contributed by atoms with Crippen molar-refractivity contribution in [1.29, 1.82) is 0 Å². The van der Waals surface area contributed by atoms with E-state index in [-0.39, 0.29) is 11.5 Å². The number of aliphatic hydroxyl groups excluding tert-OH is 1. The van der Waals surface area contributed by atoms with Gasteiger partial charge in [-0.1, -0.05) is 0 Å². The molecule has 0 fully saturated rings. The van der Waals surface area contributed by atoms with Gasteiger partial charge in [0.05, 0.1) is 24.5 Å². The summed E-state index contributed by atoms with van der Waals surface area (Å²) in [4.78, 5) is 0.232. The number of rotatable bonds is 9. The number of unbranched alkanes of at least 4 members (excludes halogenated alkanes) is 1. The van der Waals surface area contributed by atoms with Gasteiger partial charge in [-0.15, -0.1) is 0 Å². The molecule has 0 aliphatic rings. The number of aromatic nitrogens is 2. The third-order valence-electron chi connectivity index (χ3n) is 2.96. The van der Waals surface area contributed by atoms with Crippen LogP contribution in [0.4, 0.5) is 0 Å². The molecular formula is C12H23N3O3S2. The third-order valence-corrected chi connectivity index (χ3v) is 5.37. The van der Waals surface area contributed by atoms with Crippen molar-refractivity contribution in [3.05, 3.63) is 11.4 Å². The highest BCUT2D eigenvalue weighted by molar-refractivity contribution is 7.98. The Kier molecular flexibility index (Phi) is 7.01. The summed E-state index contributed by atoms with van der Waals surface area (Å²) in [5, 5.41) is 13.1. The normalized spacial score (nSPS) is 12.0. The molecule has 1 aromatic rings. The molecular weight excluding hydrogens is 298 g/mol. The van der Waals surface area contributed by atoms with E-state index in [1.165, 1.54) is 4.68 Å². The molecule has 116 valence electrons. The Balaban J connectivity index is 2.77. The molecule has 0 aliphatic carbocycles. The fraction of sp³-hybridized carbons (Fsp3) is 0.750. The van der Waals surface area contributed by atoms with Crippen molar-refractivity contribution in [1.82, 2.24) is 14.5 Å². The van der Waals surface area contributed by atoms with E-state index in [0.29, 0.717) is 24.5 Å². The fourth-order valence-electron chi connectivity index (χ4n) is 2.03. The maximum absolute atomic E-state index is 12.3. The van der Waals surface area contributed by atoms with Crippen LogP contribution in [0.5, 0.6) is 0 Å². The van der Waals surface area contributed by atoms with Gasteiger partial charge in [0.25, 0.3) is 0 Å². The van der Waals surface area contributed by atoms with Crippen molar-refractivity contribution in [2.24, 2.45) is 0 Å². The second kappa shape index (κ2) is 8.02. The summed E-state index contributed by atoms with van der Waals surface area (Å²) < 4.78 is 28.7. The molecule has 8 heteroatoms. The molecule has 0 radical (unpaired) electrons. The van der Waals surface area contributed by atoms with Crippen LogP contribution in [0.3, 0.4) is 0 Å². The molecule has 0 aliphatic heterocycles. The highest BCUT2D eigenvalue weighted by Gasteiger charge is 2.23. The van der Waals surface area contributed by atoms with Crippen LogP contribution >= 0.6 is 11.8 Å². The first-order valence-electron chi connectivity index (χ1n) is 6.57. The lowest BCUT2D eigenvalue weighted by Gasteiger charge is -2.07. The largest absolute Gasteiger partial charge is 0.394 e. The van der Waals surface area contributed by atoms with Crippen LogP contribution in [0.1, 0.15) is 24.2 Å². The quantitative estimate of drug-likeness (QED) is 0.661. The predicted molar refractivity (Wildman–Crippen MR) is 81.6 cm³/mol. The minimum Gasteiger partial charge on any atom is -0.394 e. The lowest BCUT2D eigenvalue weighted by atomic mass is 10.3. The Morgan fingerprint density at radius 1 is 1.35 bits per heavy atom. The SMILES string of the molecule is CSCCCCNS(=O)(=O)c1c(C)nn(CCO)c1C. The Labute approximate surface area is 125 Å². The number of nitrogens with zero attached hydrogens (tertiary/aromatic N) is 2. The maximum atomic E-state index is 12.3. The molecule has 0 atom stereocenters. The van der Waals surface area contributed by atoms with Crippen LogP contribution in [0, 0.1) is 13.8 Å². The highest BCUT2D eigenvalue weighted by Crippen LogP contribution is 2.19. The summed E-state index contributed by atoms with van der Waals surface area (Å²) in [7, 11) is -3.53. The van der Waals surface area contributed by atoms with Crippen molar-refractivity contribution in [2.75, 3.05) is 25.2 Å². The number of nitrogens with one attached hydrogen (secondary N) is 1. The van der Waals surface area contributed by atoms with E-state index in [2.05, 4.69) is 9.82 Å².